The fraction of sp³-hybridized carbons (Fsp3) is 0.538. The number of nitro groups is 1. The van der Waals surface area contributed by atoms with Gasteiger partial charge in [0.25, 0.3) is 5.69 Å². The van der Waals surface area contributed by atoms with Crippen LogP contribution in [0.3, 0.4) is 0 Å². The summed E-state index contributed by atoms with van der Waals surface area (Å²) < 4.78 is 0. The molecule has 1 aromatic rings. The van der Waals surface area contributed by atoms with Crippen LogP contribution >= 0.6 is 0 Å². The van der Waals surface area contributed by atoms with Crippen molar-refractivity contribution in [3.8, 4) is 6.07 Å². The molecule has 0 aliphatic heterocycles. The van der Waals surface area contributed by atoms with Crippen LogP contribution in [-0.2, 0) is 6.54 Å². The summed E-state index contributed by atoms with van der Waals surface area (Å²) in [4.78, 5) is 16.9. The maximum atomic E-state index is 11.0. The van der Waals surface area contributed by atoms with Gasteiger partial charge in [0.2, 0.25) is 0 Å². The first-order valence-corrected chi connectivity index (χ1v) is 6.20. The van der Waals surface area contributed by atoms with Gasteiger partial charge in [0.15, 0.2) is 0 Å². The summed E-state index contributed by atoms with van der Waals surface area (Å²) in [5.74, 6) is 0. The molecular formula is C13H18N4O2. The van der Waals surface area contributed by atoms with E-state index < -0.39 is 0 Å². The van der Waals surface area contributed by atoms with Gasteiger partial charge in [-0.3, -0.25) is 20.0 Å². The fourth-order valence-corrected chi connectivity index (χ4v) is 2.05. The Hall–Kier alpha value is -2.00. The first kappa shape index (κ1) is 15.1. The maximum Gasteiger partial charge on any atom is 0.278 e. The van der Waals surface area contributed by atoms with E-state index in [2.05, 4.69) is 11.1 Å². The maximum absolute atomic E-state index is 11.0. The van der Waals surface area contributed by atoms with Gasteiger partial charge in [-0.25, -0.2) is 0 Å². The molecule has 0 saturated heterocycles. The molecule has 6 nitrogen and oxygen atoms in total. The zero-order valence-electron chi connectivity index (χ0n) is 11.5. The molecule has 0 aliphatic rings. The van der Waals surface area contributed by atoms with E-state index in [0.29, 0.717) is 29.9 Å². The van der Waals surface area contributed by atoms with Gasteiger partial charge in [-0.1, -0.05) is 6.92 Å². The molecule has 1 heterocycles. The number of nitriles is 1. The number of rotatable bonds is 6. The fourth-order valence-electron chi connectivity index (χ4n) is 2.05. The summed E-state index contributed by atoms with van der Waals surface area (Å²) in [6.45, 7) is 6.97. The van der Waals surface area contributed by atoms with Gasteiger partial charge in [-0.2, -0.15) is 5.26 Å². The van der Waals surface area contributed by atoms with E-state index in [0.717, 1.165) is 13.0 Å². The number of pyridine rings is 1. The van der Waals surface area contributed by atoms with Crippen LogP contribution in [0.4, 0.5) is 5.69 Å². The van der Waals surface area contributed by atoms with Crippen LogP contribution < -0.4 is 0 Å². The summed E-state index contributed by atoms with van der Waals surface area (Å²) in [5, 5.41) is 19.8. The van der Waals surface area contributed by atoms with Gasteiger partial charge in [0.05, 0.1) is 23.2 Å². The normalized spacial score (nSPS) is 10.5. The van der Waals surface area contributed by atoms with E-state index in [1.54, 1.807) is 13.8 Å². The van der Waals surface area contributed by atoms with Crippen molar-refractivity contribution in [2.24, 2.45) is 0 Å². The van der Waals surface area contributed by atoms with Crippen LogP contribution in [-0.4, -0.2) is 27.9 Å². The molecule has 1 rings (SSSR count). The van der Waals surface area contributed by atoms with Crippen LogP contribution in [0.25, 0.3) is 0 Å². The quantitative estimate of drug-likeness (QED) is 0.446. The van der Waals surface area contributed by atoms with E-state index in [-0.39, 0.29) is 10.6 Å². The lowest BCUT2D eigenvalue weighted by atomic mass is 10.1. The second-order valence-electron chi connectivity index (χ2n) is 4.49. The van der Waals surface area contributed by atoms with E-state index in [4.69, 9.17) is 5.26 Å². The second kappa shape index (κ2) is 6.81. The van der Waals surface area contributed by atoms with Gasteiger partial charge < -0.3 is 0 Å². The predicted octanol–water partition coefficient (Wildman–Crippen LogP) is 2.34. The molecule has 0 aliphatic carbocycles. The van der Waals surface area contributed by atoms with Crippen molar-refractivity contribution in [1.29, 1.82) is 5.26 Å². The number of aromatic nitrogens is 1. The molecule has 0 aromatic carbocycles. The molecule has 0 unspecified atom stereocenters. The summed E-state index contributed by atoms with van der Waals surface area (Å²) >= 11 is 0. The lowest BCUT2D eigenvalue weighted by molar-refractivity contribution is -0.386. The third-order valence-electron chi connectivity index (χ3n) is 2.97. The molecule has 0 fully saturated rings. The molecule has 19 heavy (non-hydrogen) atoms. The van der Waals surface area contributed by atoms with Crippen LogP contribution in [0, 0.1) is 35.3 Å². The van der Waals surface area contributed by atoms with Gasteiger partial charge in [-0.15, -0.1) is 0 Å². The molecule has 1 aromatic heterocycles. The summed E-state index contributed by atoms with van der Waals surface area (Å²) in [6.07, 6.45) is 2.45. The highest BCUT2D eigenvalue weighted by molar-refractivity contribution is 5.47. The number of aryl methyl sites for hydroxylation is 1. The average molecular weight is 262 g/mol. The summed E-state index contributed by atoms with van der Waals surface area (Å²) in [7, 11) is 0. The minimum Gasteiger partial charge on any atom is -0.285 e. The zero-order valence-corrected chi connectivity index (χ0v) is 11.5. The minimum atomic E-state index is -0.371. The molecule has 0 atom stereocenters. The molecular weight excluding hydrogens is 244 g/mol. The molecule has 0 bridgehead atoms. The van der Waals surface area contributed by atoms with Crippen molar-refractivity contribution in [2.45, 2.75) is 33.7 Å². The van der Waals surface area contributed by atoms with Crippen molar-refractivity contribution < 1.29 is 4.92 Å². The van der Waals surface area contributed by atoms with Gasteiger partial charge in [0.1, 0.15) is 0 Å². The first-order chi connectivity index (χ1) is 9.01. The van der Waals surface area contributed by atoms with E-state index in [1.807, 2.05) is 11.8 Å². The summed E-state index contributed by atoms with van der Waals surface area (Å²) in [5.41, 5.74) is 1.94. The molecule has 0 saturated carbocycles. The Kier molecular flexibility index (Phi) is 5.39. The largest absolute Gasteiger partial charge is 0.285 e. The van der Waals surface area contributed by atoms with Crippen molar-refractivity contribution in [2.75, 3.05) is 13.1 Å². The van der Waals surface area contributed by atoms with E-state index >= 15 is 0 Å². The topological polar surface area (TPSA) is 83.1 Å². The SMILES string of the molecule is CCCN(CC#N)Cc1ncc(C)c([N+](=O)[O-])c1C. The second-order valence-corrected chi connectivity index (χ2v) is 4.49. The Morgan fingerprint density at radius 3 is 2.74 bits per heavy atom. The van der Waals surface area contributed by atoms with Gasteiger partial charge in [0, 0.05) is 23.9 Å². The Bertz CT molecular complexity index is 508. The molecule has 102 valence electrons. The van der Waals surface area contributed by atoms with Gasteiger partial charge in [-0.05, 0) is 26.8 Å². The Morgan fingerprint density at radius 1 is 1.53 bits per heavy atom. The first-order valence-electron chi connectivity index (χ1n) is 6.20. The third-order valence-corrected chi connectivity index (χ3v) is 2.97. The standard InChI is InChI=1S/C13H18N4O2/c1-4-6-16(7-5-14)9-12-11(3)13(17(18)19)10(2)8-15-12/h8H,4,6-7,9H2,1-3H3. The third kappa shape index (κ3) is 3.73. The molecule has 0 spiro atoms. The van der Waals surface area contributed by atoms with E-state index in [1.165, 1.54) is 6.20 Å². The highest BCUT2D eigenvalue weighted by Crippen LogP contribution is 2.24. The predicted molar refractivity (Wildman–Crippen MR) is 71.5 cm³/mol. The molecule has 6 heteroatoms. The average Bonchev–Trinajstić information content (AvgIpc) is 2.33. The van der Waals surface area contributed by atoms with Crippen molar-refractivity contribution in [3.05, 3.63) is 33.1 Å². The van der Waals surface area contributed by atoms with E-state index in [9.17, 15) is 10.1 Å². The Balaban J connectivity index is 3.04. The molecule has 0 N–H and O–H groups in total. The number of hydrogen-bond donors (Lipinski definition) is 0. The lowest BCUT2D eigenvalue weighted by Crippen LogP contribution is -2.25. The number of nitrogens with zero attached hydrogens (tertiary/aromatic N) is 4. The smallest absolute Gasteiger partial charge is 0.278 e. The minimum absolute atomic E-state index is 0.124. The molecule has 0 amide bonds. The van der Waals surface area contributed by atoms with Crippen molar-refractivity contribution >= 4 is 5.69 Å². The zero-order chi connectivity index (χ0) is 14.4. The lowest BCUT2D eigenvalue weighted by Gasteiger charge is -2.18. The van der Waals surface area contributed by atoms with Gasteiger partial charge >= 0.3 is 0 Å². The molecule has 0 radical (unpaired) electrons. The highest BCUT2D eigenvalue weighted by atomic mass is 16.6. The van der Waals surface area contributed by atoms with Crippen LogP contribution in [0.5, 0.6) is 0 Å². The highest BCUT2D eigenvalue weighted by Gasteiger charge is 2.19. The Morgan fingerprint density at radius 2 is 2.21 bits per heavy atom. The van der Waals surface area contributed by atoms with Crippen LogP contribution in [0.2, 0.25) is 0 Å². The number of hydrogen-bond acceptors (Lipinski definition) is 5. The van der Waals surface area contributed by atoms with Crippen LogP contribution in [0.1, 0.15) is 30.2 Å². The summed E-state index contributed by atoms with van der Waals surface area (Å²) in [6, 6.07) is 2.11. The van der Waals surface area contributed by atoms with Crippen molar-refractivity contribution in [3.63, 3.8) is 0 Å². The van der Waals surface area contributed by atoms with Crippen molar-refractivity contribution in [1.82, 2.24) is 9.88 Å². The monoisotopic (exact) mass is 262 g/mol. The van der Waals surface area contributed by atoms with Crippen LogP contribution in [0.15, 0.2) is 6.20 Å². The Labute approximate surface area is 112 Å².